The first-order chi connectivity index (χ1) is 25.3. The fraction of sp³-hybridized carbons (Fsp3) is 0.238. The molecule has 0 unspecified atom stereocenters. The average molecular weight is 741 g/mol. The summed E-state index contributed by atoms with van der Waals surface area (Å²) in [7, 11) is 0. The number of carbonyl (C=O) groups excluding carboxylic acids is 1. The Hall–Kier alpha value is -4.73. The fourth-order valence-electron chi connectivity index (χ4n) is 5.81. The molecule has 1 aliphatic rings. The molecule has 52 heavy (non-hydrogen) atoms. The highest BCUT2D eigenvalue weighted by Crippen LogP contribution is 2.34. The van der Waals surface area contributed by atoms with Crippen molar-refractivity contribution in [3.63, 3.8) is 0 Å². The zero-order chi connectivity index (χ0) is 36.3. The van der Waals surface area contributed by atoms with E-state index in [4.69, 9.17) is 37.4 Å². The van der Waals surface area contributed by atoms with Crippen LogP contribution >= 0.6 is 23.2 Å². The molecule has 1 fully saturated rings. The second-order valence-corrected chi connectivity index (χ2v) is 13.5. The van der Waals surface area contributed by atoms with Crippen LogP contribution in [0.2, 0.25) is 10.0 Å². The molecular formula is C42H40Cl2FN3O4. The van der Waals surface area contributed by atoms with E-state index in [9.17, 15) is 9.18 Å². The molecule has 0 spiro atoms. The van der Waals surface area contributed by atoms with Gasteiger partial charge in [0.05, 0.1) is 24.4 Å². The lowest BCUT2D eigenvalue weighted by atomic mass is 10.1. The van der Waals surface area contributed by atoms with Crippen molar-refractivity contribution in [1.82, 2.24) is 14.8 Å². The summed E-state index contributed by atoms with van der Waals surface area (Å²) in [4.78, 5) is 21.6. The third-order valence-electron chi connectivity index (χ3n) is 8.77. The van der Waals surface area contributed by atoms with Crippen LogP contribution in [0.3, 0.4) is 0 Å². The molecule has 0 bridgehead atoms. The number of aromatic nitrogens is 1. The Balaban J connectivity index is 0.921. The summed E-state index contributed by atoms with van der Waals surface area (Å²) >= 11 is 12.8. The van der Waals surface area contributed by atoms with Crippen molar-refractivity contribution in [1.29, 1.82) is 0 Å². The third kappa shape index (κ3) is 10.7. The number of aryl methyl sites for hydroxylation is 1. The van der Waals surface area contributed by atoms with E-state index in [1.165, 1.54) is 23.3 Å². The minimum Gasteiger partial charge on any atom is -0.487 e. The summed E-state index contributed by atoms with van der Waals surface area (Å²) in [6, 6.07) is 29.7. The highest BCUT2D eigenvalue weighted by Gasteiger charge is 2.20. The van der Waals surface area contributed by atoms with E-state index in [1.54, 1.807) is 48.7 Å². The molecule has 268 valence electrons. The van der Waals surface area contributed by atoms with E-state index in [0.29, 0.717) is 60.3 Å². The molecule has 0 atom stereocenters. The van der Waals surface area contributed by atoms with Gasteiger partial charge in [0.1, 0.15) is 18.2 Å². The van der Waals surface area contributed by atoms with Crippen LogP contribution < -0.4 is 9.47 Å². The third-order valence-corrected chi connectivity index (χ3v) is 9.42. The second kappa shape index (κ2) is 18.2. The van der Waals surface area contributed by atoms with Gasteiger partial charge in [0.2, 0.25) is 11.8 Å². The molecule has 1 aromatic heterocycles. The molecular weight excluding hydrogens is 700 g/mol. The highest BCUT2D eigenvalue weighted by molar-refractivity contribution is 6.32. The van der Waals surface area contributed by atoms with Crippen molar-refractivity contribution in [2.24, 2.45) is 0 Å². The number of hydrogen-bond donors (Lipinski definition) is 0. The minimum absolute atomic E-state index is 0.0270. The fourth-order valence-corrected chi connectivity index (χ4v) is 6.31. The van der Waals surface area contributed by atoms with Crippen LogP contribution in [0.25, 0.3) is 6.08 Å². The number of benzene rings is 4. The molecule has 0 saturated carbocycles. The Morgan fingerprint density at radius 3 is 2.29 bits per heavy atom. The van der Waals surface area contributed by atoms with Gasteiger partial charge in [0, 0.05) is 55.5 Å². The lowest BCUT2D eigenvalue weighted by molar-refractivity contribution is -0.127. The van der Waals surface area contributed by atoms with Gasteiger partial charge < -0.3 is 19.1 Å². The summed E-state index contributed by atoms with van der Waals surface area (Å²) in [5.41, 5.74) is 5.92. The van der Waals surface area contributed by atoms with E-state index in [-0.39, 0.29) is 11.7 Å². The van der Waals surface area contributed by atoms with Crippen LogP contribution in [0.5, 0.6) is 17.4 Å². The monoisotopic (exact) mass is 739 g/mol. The van der Waals surface area contributed by atoms with E-state index < -0.39 is 0 Å². The second-order valence-electron chi connectivity index (χ2n) is 12.6. The summed E-state index contributed by atoms with van der Waals surface area (Å²) < 4.78 is 30.6. The maximum Gasteiger partial charge on any atom is 0.246 e. The Labute approximate surface area is 314 Å². The molecule has 5 aromatic rings. The predicted molar refractivity (Wildman–Crippen MR) is 203 cm³/mol. The molecule has 1 aliphatic heterocycles. The number of piperazine rings is 1. The number of rotatable bonds is 14. The lowest BCUT2D eigenvalue weighted by Crippen LogP contribution is -2.47. The zero-order valence-corrected chi connectivity index (χ0v) is 30.5. The van der Waals surface area contributed by atoms with Gasteiger partial charge in [-0.3, -0.25) is 9.69 Å². The smallest absolute Gasteiger partial charge is 0.246 e. The van der Waals surface area contributed by atoms with Gasteiger partial charge in [0.15, 0.2) is 5.75 Å². The molecule has 7 nitrogen and oxygen atoms in total. The molecule has 1 amide bonds. The van der Waals surface area contributed by atoms with Gasteiger partial charge in [0.25, 0.3) is 0 Å². The number of amides is 1. The molecule has 6 rings (SSSR count). The van der Waals surface area contributed by atoms with Crippen molar-refractivity contribution in [2.75, 3.05) is 32.8 Å². The van der Waals surface area contributed by atoms with Crippen molar-refractivity contribution >= 4 is 35.2 Å². The predicted octanol–water partition coefficient (Wildman–Crippen LogP) is 9.32. The topological polar surface area (TPSA) is 64.1 Å². The van der Waals surface area contributed by atoms with Gasteiger partial charge in [-0.2, -0.15) is 0 Å². The van der Waals surface area contributed by atoms with Gasteiger partial charge in [-0.05, 0) is 83.6 Å². The SMILES string of the molecule is Cc1cc(/C=C/C(=O)N2CCN(Cc3ccc(CCOCc4ccc(F)cc4)cc3)CC2)cc(Cl)c1Oc1ccc(OCc2ccccc2Cl)cn1. The normalized spacial score (nSPS) is 13.4. The van der Waals surface area contributed by atoms with Crippen LogP contribution in [0.15, 0.2) is 109 Å². The molecule has 2 heterocycles. The maximum atomic E-state index is 13.1. The van der Waals surface area contributed by atoms with Crippen LogP contribution in [-0.2, 0) is 35.7 Å². The average Bonchev–Trinajstić information content (AvgIpc) is 3.16. The molecule has 0 N–H and O–H groups in total. The molecule has 0 aliphatic carbocycles. The quantitative estimate of drug-likeness (QED) is 0.0836. The Morgan fingerprint density at radius 1 is 0.846 bits per heavy atom. The van der Waals surface area contributed by atoms with Crippen LogP contribution in [-0.4, -0.2) is 53.5 Å². The van der Waals surface area contributed by atoms with Gasteiger partial charge in [-0.15, -0.1) is 0 Å². The molecule has 0 radical (unpaired) electrons. The van der Waals surface area contributed by atoms with Crippen LogP contribution in [0.1, 0.15) is 33.4 Å². The number of pyridine rings is 1. The maximum absolute atomic E-state index is 13.1. The van der Waals surface area contributed by atoms with Gasteiger partial charge >= 0.3 is 0 Å². The van der Waals surface area contributed by atoms with E-state index in [0.717, 1.165) is 48.3 Å². The summed E-state index contributed by atoms with van der Waals surface area (Å²) in [5.74, 6) is 1.20. The summed E-state index contributed by atoms with van der Waals surface area (Å²) in [6.45, 7) is 7.07. The highest BCUT2D eigenvalue weighted by atomic mass is 35.5. The van der Waals surface area contributed by atoms with E-state index in [1.807, 2.05) is 42.2 Å². The molecule has 1 saturated heterocycles. The Kier molecular flexibility index (Phi) is 12.9. The summed E-state index contributed by atoms with van der Waals surface area (Å²) in [6.07, 6.45) is 5.80. The van der Waals surface area contributed by atoms with Crippen molar-refractivity contribution in [2.45, 2.75) is 33.1 Å². The minimum atomic E-state index is -0.241. The largest absolute Gasteiger partial charge is 0.487 e. The number of nitrogens with zero attached hydrogens (tertiary/aromatic N) is 3. The zero-order valence-electron chi connectivity index (χ0n) is 28.9. The Bertz CT molecular complexity index is 1940. The number of hydrogen-bond acceptors (Lipinski definition) is 6. The standard InChI is InChI=1S/C42H40Cl2FN3O4/c1-30-24-34(25-39(44)42(30)52-40-16-15-37(26-46-40)51-29-35-4-2-3-5-38(35)43)12-17-41(49)48-21-19-47(20-22-48)27-32-8-6-31(7-9-32)18-23-50-28-33-10-13-36(45)14-11-33/h2-17,24-26H,18-23,27-29H2,1H3/b17-12+. The first kappa shape index (κ1) is 37.0. The van der Waals surface area contributed by atoms with Crippen LogP contribution in [0, 0.1) is 12.7 Å². The number of ether oxygens (including phenoxy) is 3. The van der Waals surface area contributed by atoms with Gasteiger partial charge in [-0.25, -0.2) is 9.37 Å². The van der Waals surface area contributed by atoms with Crippen LogP contribution in [0.4, 0.5) is 4.39 Å². The number of halogens is 3. The van der Waals surface area contributed by atoms with Crippen molar-refractivity contribution in [3.8, 4) is 17.4 Å². The summed E-state index contributed by atoms with van der Waals surface area (Å²) in [5, 5.41) is 1.07. The Morgan fingerprint density at radius 2 is 1.58 bits per heavy atom. The molecule has 10 heteroatoms. The van der Waals surface area contributed by atoms with E-state index in [2.05, 4.69) is 34.1 Å². The molecule has 4 aromatic carbocycles. The first-order valence-electron chi connectivity index (χ1n) is 17.2. The van der Waals surface area contributed by atoms with Gasteiger partial charge in [-0.1, -0.05) is 77.8 Å². The van der Waals surface area contributed by atoms with Crippen molar-refractivity contribution < 1.29 is 23.4 Å². The van der Waals surface area contributed by atoms with E-state index >= 15 is 0 Å². The lowest BCUT2D eigenvalue weighted by Gasteiger charge is -2.34. The van der Waals surface area contributed by atoms with Crippen molar-refractivity contribution in [3.05, 3.63) is 159 Å². The first-order valence-corrected chi connectivity index (χ1v) is 17.9. The number of carbonyl (C=O) groups is 1.